The molecule has 0 aliphatic heterocycles. The Labute approximate surface area is 207 Å². The Morgan fingerprint density at radius 3 is 2.26 bits per heavy atom. The predicted octanol–water partition coefficient (Wildman–Crippen LogP) is 7.45. The lowest BCUT2D eigenvalue weighted by atomic mass is 9.36. The van der Waals surface area contributed by atoms with E-state index in [0.29, 0.717) is 11.7 Å². The van der Waals surface area contributed by atoms with Crippen molar-refractivity contribution >= 4 is 11.8 Å². The first-order chi connectivity index (χ1) is 15.8. The van der Waals surface area contributed by atoms with Crippen molar-refractivity contribution < 1.29 is 14.3 Å². The second-order valence-corrected chi connectivity index (χ2v) is 14.3. The molecule has 5 aliphatic rings. The minimum Gasteiger partial charge on any atom is -0.469 e. The van der Waals surface area contributed by atoms with Gasteiger partial charge in [0.25, 0.3) is 0 Å². The minimum absolute atomic E-state index is 0.0169. The number of hydrogen-bond donors (Lipinski definition) is 0. The smallest absolute Gasteiger partial charge is 0.311 e. The zero-order valence-electron chi connectivity index (χ0n) is 22.9. The molecule has 0 saturated heterocycles. The van der Waals surface area contributed by atoms with Crippen molar-refractivity contribution in [3.63, 3.8) is 0 Å². The summed E-state index contributed by atoms with van der Waals surface area (Å²) in [5.74, 6) is 1.25. The van der Waals surface area contributed by atoms with Crippen LogP contribution < -0.4 is 0 Å². The number of ketones is 1. The SMILES string of the molecule is COC(=O)[C@@]1(C)CC[C@]2(C)CC[C@]3(C)C(=CC(=O)[C@@H]4[C@@]5(C)CCC(=C(C)C)[C@@H]5CC[C@]43C)[C@@H]2C1. The molecule has 0 bridgehead atoms. The van der Waals surface area contributed by atoms with E-state index in [9.17, 15) is 9.59 Å². The summed E-state index contributed by atoms with van der Waals surface area (Å²) < 4.78 is 5.25. The third-order valence-electron chi connectivity index (χ3n) is 12.5. The van der Waals surface area contributed by atoms with Gasteiger partial charge in [-0.2, -0.15) is 0 Å². The lowest BCUT2D eigenvalue weighted by molar-refractivity contribution is -0.165. The van der Waals surface area contributed by atoms with Gasteiger partial charge in [0.15, 0.2) is 5.78 Å². The van der Waals surface area contributed by atoms with Crippen molar-refractivity contribution in [2.75, 3.05) is 7.11 Å². The van der Waals surface area contributed by atoms with Gasteiger partial charge in [0.1, 0.15) is 0 Å². The molecule has 0 unspecified atom stereocenters. The standard InChI is InChI=1S/C31H46O3/c1-19(2)20-9-11-29(5)21(20)10-12-31(7)25(29)24(32)17-22-23-18-28(4,26(33)34-8)14-13-27(23,3)15-16-30(22,31)6/h17,21,23,25H,9-16,18H2,1-8H3/t21-,23-,25+,27+,28-,29-,30+,31+/m0/s1. The average Bonchev–Trinajstić information content (AvgIpc) is 3.12. The Kier molecular flexibility index (Phi) is 5.24. The van der Waals surface area contributed by atoms with Crippen LogP contribution in [0.3, 0.4) is 0 Å². The Balaban J connectivity index is 1.61. The molecule has 34 heavy (non-hydrogen) atoms. The molecule has 5 rings (SSSR count). The highest BCUT2D eigenvalue weighted by molar-refractivity contribution is 5.96. The van der Waals surface area contributed by atoms with Gasteiger partial charge in [-0.25, -0.2) is 0 Å². The van der Waals surface area contributed by atoms with E-state index in [-0.39, 0.29) is 39.5 Å². The summed E-state index contributed by atoms with van der Waals surface area (Å²) in [6.07, 6.45) is 11.9. The summed E-state index contributed by atoms with van der Waals surface area (Å²) in [5, 5.41) is 0. The number of carbonyl (C=O) groups is 2. The molecule has 0 heterocycles. The molecule has 188 valence electrons. The highest BCUT2D eigenvalue weighted by Gasteiger charge is 2.69. The number of hydrogen-bond acceptors (Lipinski definition) is 3. The van der Waals surface area contributed by atoms with Crippen LogP contribution in [-0.4, -0.2) is 18.9 Å². The fraction of sp³-hybridized carbons (Fsp3) is 0.806. The maximum atomic E-state index is 14.2. The molecule has 3 heteroatoms. The Morgan fingerprint density at radius 2 is 1.62 bits per heavy atom. The summed E-state index contributed by atoms with van der Waals surface area (Å²) in [6.45, 7) is 16.4. The molecule has 5 aliphatic carbocycles. The van der Waals surface area contributed by atoms with Crippen LogP contribution in [-0.2, 0) is 14.3 Å². The molecule has 4 fully saturated rings. The highest BCUT2D eigenvalue weighted by atomic mass is 16.5. The van der Waals surface area contributed by atoms with Crippen LogP contribution in [0.2, 0.25) is 0 Å². The molecule has 0 aromatic carbocycles. The molecule has 0 radical (unpaired) electrons. The Hall–Kier alpha value is -1.38. The fourth-order valence-corrected chi connectivity index (χ4v) is 10.1. The first-order valence-corrected chi connectivity index (χ1v) is 13.8. The Morgan fingerprint density at radius 1 is 0.941 bits per heavy atom. The molecular weight excluding hydrogens is 420 g/mol. The van der Waals surface area contributed by atoms with E-state index in [2.05, 4.69) is 54.5 Å². The largest absolute Gasteiger partial charge is 0.469 e. The summed E-state index contributed by atoms with van der Waals surface area (Å²) in [7, 11) is 1.52. The molecule has 0 aromatic rings. The summed E-state index contributed by atoms with van der Waals surface area (Å²) in [6, 6.07) is 0. The second kappa shape index (κ2) is 7.32. The van der Waals surface area contributed by atoms with Gasteiger partial charge in [0, 0.05) is 5.92 Å². The van der Waals surface area contributed by atoms with Gasteiger partial charge in [0.2, 0.25) is 0 Å². The van der Waals surface area contributed by atoms with E-state index in [4.69, 9.17) is 4.74 Å². The third kappa shape index (κ3) is 2.88. The van der Waals surface area contributed by atoms with Gasteiger partial charge in [0.05, 0.1) is 12.5 Å². The lowest BCUT2D eigenvalue weighted by Gasteiger charge is -2.67. The van der Waals surface area contributed by atoms with Crippen molar-refractivity contribution in [2.45, 2.75) is 106 Å². The van der Waals surface area contributed by atoms with E-state index < -0.39 is 5.41 Å². The zero-order chi connectivity index (χ0) is 24.9. The lowest BCUT2D eigenvalue weighted by Crippen LogP contribution is -2.62. The normalized spacial score (nSPS) is 49.9. The van der Waals surface area contributed by atoms with Gasteiger partial charge < -0.3 is 4.74 Å². The van der Waals surface area contributed by atoms with Gasteiger partial charge in [-0.1, -0.05) is 44.4 Å². The average molecular weight is 467 g/mol. The minimum atomic E-state index is -0.452. The van der Waals surface area contributed by atoms with E-state index in [1.807, 2.05) is 0 Å². The van der Waals surface area contributed by atoms with Crippen LogP contribution in [0, 0.1) is 44.8 Å². The molecule has 0 amide bonds. The van der Waals surface area contributed by atoms with Crippen molar-refractivity contribution in [1.29, 1.82) is 0 Å². The fourth-order valence-electron chi connectivity index (χ4n) is 10.1. The topological polar surface area (TPSA) is 43.4 Å². The Bertz CT molecular complexity index is 1000. The van der Waals surface area contributed by atoms with Crippen molar-refractivity contribution in [1.82, 2.24) is 0 Å². The van der Waals surface area contributed by atoms with Crippen LogP contribution in [0.25, 0.3) is 0 Å². The number of rotatable bonds is 1. The maximum absolute atomic E-state index is 14.2. The zero-order valence-corrected chi connectivity index (χ0v) is 22.9. The molecule has 8 atom stereocenters. The summed E-state index contributed by atoms with van der Waals surface area (Å²) in [5.41, 5.74) is 4.27. The van der Waals surface area contributed by atoms with Crippen LogP contribution in [0.4, 0.5) is 0 Å². The number of ether oxygens (including phenoxy) is 1. The quantitative estimate of drug-likeness (QED) is 0.298. The third-order valence-corrected chi connectivity index (χ3v) is 12.5. The van der Waals surface area contributed by atoms with Crippen LogP contribution >= 0.6 is 0 Å². The van der Waals surface area contributed by atoms with E-state index >= 15 is 0 Å². The van der Waals surface area contributed by atoms with Crippen LogP contribution in [0.5, 0.6) is 0 Å². The van der Waals surface area contributed by atoms with E-state index in [1.54, 1.807) is 5.57 Å². The van der Waals surface area contributed by atoms with Crippen molar-refractivity contribution in [3.8, 4) is 0 Å². The second-order valence-electron chi connectivity index (χ2n) is 14.3. The van der Waals surface area contributed by atoms with Crippen LogP contribution in [0.15, 0.2) is 22.8 Å². The molecule has 0 spiro atoms. The summed E-state index contributed by atoms with van der Waals surface area (Å²) in [4.78, 5) is 27.0. The maximum Gasteiger partial charge on any atom is 0.311 e. The number of fused-ring (bicyclic) bond motifs is 7. The molecular formula is C31H46O3. The van der Waals surface area contributed by atoms with Gasteiger partial charge in [-0.15, -0.1) is 0 Å². The monoisotopic (exact) mass is 466 g/mol. The van der Waals surface area contributed by atoms with Crippen LogP contribution in [0.1, 0.15) is 106 Å². The molecule has 3 nitrogen and oxygen atoms in total. The van der Waals surface area contributed by atoms with Gasteiger partial charge in [-0.3, -0.25) is 9.59 Å². The van der Waals surface area contributed by atoms with E-state index in [0.717, 1.165) is 44.9 Å². The van der Waals surface area contributed by atoms with Crippen molar-refractivity contribution in [3.05, 3.63) is 22.8 Å². The molecule has 4 saturated carbocycles. The highest BCUT2D eigenvalue weighted by Crippen LogP contribution is 2.74. The molecule has 0 aromatic heterocycles. The first-order valence-electron chi connectivity index (χ1n) is 13.8. The number of esters is 1. The first kappa shape index (κ1) is 24.3. The predicted molar refractivity (Wildman–Crippen MR) is 136 cm³/mol. The molecule has 0 N–H and O–H groups in total. The number of carbonyl (C=O) groups excluding carboxylic acids is 2. The van der Waals surface area contributed by atoms with E-state index in [1.165, 1.54) is 31.1 Å². The van der Waals surface area contributed by atoms with Crippen molar-refractivity contribution in [2.24, 2.45) is 44.8 Å². The van der Waals surface area contributed by atoms with Gasteiger partial charge >= 0.3 is 5.97 Å². The number of allylic oxidation sites excluding steroid dienone is 4. The van der Waals surface area contributed by atoms with Gasteiger partial charge in [-0.05, 0) is 118 Å². The summed E-state index contributed by atoms with van der Waals surface area (Å²) >= 11 is 0. The number of methoxy groups -OCH3 is 1.